The van der Waals surface area contributed by atoms with Crippen molar-refractivity contribution >= 4 is 35.8 Å². The van der Waals surface area contributed by atoms with Gasteiger partial charge in [-0.2, -0.15) is 0 Å². The predicted octanol–water partition coefficient (Wildman–Crippen LogP) is 12.0. The van der Waals surface area contributed by atoms with Crippen LogP contribution >= 0.6 is 0 Å². The second kappa shape index (κ2) is 43.9. The van der Waals surface area contributed by atoms with Gasteiger partial charge in [0.1, 0.15) is 28.7 Å². The van der Waals surface area contributed by atoms with E-state index in [1.54, 1.807) is 67.3 Å². The Morgan fingerprint density at radius 2 is 1.04 bits per heavy atom. The molecule has 0 aromatic heterocycles. The normalized spacial score (nSPS) is 10.5. The largest absolute Gasteiger partial charge is 0.502 e. The lowest BCUT2D eigenvalue weighted by atomic mass is 10.2. The Kier molecular flexibility index (Phi) is 38.3. The number of allylic oxidation sites excluding steroid dienone is 2. The number of nitrogens with zero attached hydrogens (tertiary/aromatic N) is 1. The van der Waals surface area contributed by atoms with E-state index in [2.05, 4.69) is 24.7 Å². The lowest BCUT2D eigenvalue weighted by Gasteiger charge is -2.10. The molecule has 0 heterocycles. The van der Waals surface area contributed by atoms with E-state index in [0.29, 0.717) is 68.1 Å². The highest BCUT2D eigenvalue weighted by molar-refractivity contribution is 5.91. The Balaban J connectivity index is 0.000000845. The van der Waals surface area contributed by atoms with Gasteiger partial charge in [0.2, 0.25) is 0 Å². The predicted molar refractivity (Wildman–Crippen MR) is 281 cm³/mol. The van der Waals surface area contributed by atoms with E-state index in [9.17, 15) is 19.2 Å². The third-order valence-electron chi connectivity index (χ3n) is 9.33. The lowest BCUT2D eigenvalue weighted by molar-refractivity contribution is -0.141. The molecule has 0 N–H and O–H groups in total. The molecule has 0 atom stereocenters. The van der Waals surface area contributed by atoms with Crippen molar-refractivity contribution in [3.05, 3.63) is 140 Å². The summed E-state index contributed by atoms with van der Waals surface area (Å²) in [7, 11) is 1.52. The fourth-order valence-electron chi connectivity index (χ4n) is 5.68. The highest BCUT2D eigenvalue weighted by atomic mass is 16.5. The number of hydrogen-bond donors (Lipinski definition) is 0. The third kappa shape index (κ3) is 34.2. The Labute approximate surface area is 427 Å². The number of ether oxygens (including phenoxy) is 10. The first-order chi connectivity index (χ1) is 35.1. The zero-order valence-electron chi connectivity index (χ0n) is 42.9. The molecule has 0 saturated carbocycles. The summed E-state index contributed by atoms with van der Waals surface area (Å²) in [5.41, 5.74) is 1.82. The number of rotatable bonds is 36. The number of hydrogen-bond acceptors (Lipinski definition) is 15. The van der Waals surface area contributed by atoms with Gasteiger partial charge in [-0.05, 0) is 144 Å². The summed E-state index contributed by atoms with van der Waals surface area (Å²) >= 11 is 0. The number of carbonyl (C=O) groups is 4. The zero-order chi connectivity index (χ0) is 52.7. The van der Waals surface area contributed by atoms with Gasteiger partial charge in [-0.25, -0.2) is 14.4 Å². The average molecular weight is 1000 g/mol. The Hall–Kier alpha value is -7.13. The summed E-state index contributed by atoms with van der Waals surface area (Å²) in [5, 5.41) is 0. The number of unbranched alkanes of at least 4 members (excludes halogenated alkanes) is 7. The van der Waals surface area contributed by atoms with E-state index >= 15 is 0 Å². The molecule has 0 aliphatic rings. The fourth-order valence-corrected chi connectivity index (χ4v) is 5.68. The molecule has 3 aromatic rings. The summed E-state index contributed by atoms with van der Waals surface area (Å²) in [4.78, 5) is 49.7. The molecule has 0 fully saturated rings. The van der Waals surface area contributed by atoms with Crippen LogP contribution in [0, 0.1) is 0 Å². The standard InChI is InChI=1S/C37H41NO9.C11H20O3.C9H16O2/c1-4-35(39)45-24-10-6-8-22-43-30-16-12-28(13-17-30)27-38-33-21-20-32(26-34(33)42-3)47-37(41)29-14-18-31(19-15-29)44-23-9-7-11-25-46-36(40)5-2;1-3-8-13-9-6-4-5-7-10-14-11(2)12;1-3-6-10-8-5-9-11-7-4-2/h4-5,12-21,26-27H,1-2,6-11,22-25H2,3H3;3,8H,4-7,9-10H2,1-2H3;3-4,7H,1,5-6,8-9H2,2H3/b;8-3+;7-4+. The van der Waals surface area contributed by atoms with E-state index in [-0.39, 0.29) is 5.97 Å². The van der Waals surface area contributed by atoms with Gasteiger partial charge in [0.05, 0.1) is 84.7 Å². The summed E-state index contributed by atoms with van der Waals surface area (Å²) < 4.78 is 52.6. The van der Waals surface area contributed by atoms with Crippen molar-refractivity contribution in [2.75, 3.05) is 66.6 Å². The first-order valence-corrected chi connectivity index (χ1v) is 24.4. The van der Waals surface area contributed by atoms with E-state index in [1.165, 1.54) is 14.0 Å². The van der Waals surface area contributed by atoms with Crippen LogP contribution in [0.25, 0.3) is 0 Å². The maximum Gasteiger partial charge on any atom is 0.343 e. The van der Waals surface area contributed by atoms with Crippen molar-refractivity contribution in [1.82, 2.24) is 0 Å². The van der Waals surface area contributed by atoms with Crippen LogP contribution < -0.4 is 18.9 Å². The number of aliphatic imine (C=N–C) groups is 1. The molecule has 0 aliphatic heterocycles. The van der Waals surface area contributed by atoms with Crippen LogP contribution in [0.15, 0.2) is 134 Å². The first-order valence-electron chi connectivity index (χ1n) is 24.4. The van der Waals surface area contributed by atoms with E-state index in [0.717, 1.165) is 114 Å². The van der Waals surface area contributed by atoms with Crippen molar-refractivity contribution in [2.45, 2.75) is 91.4 Å². The van der Waals surface area contributed by atoms with Crippen LogP contribution in [0.4, 0.5) is 5.69 Å². The Morgan fingerprint density at radius 3 is 1.56 bits per heavy atom. The molecule has 0 bridgehead atoms. The van der Waals surface area contributed by atoms with Gasteiger partial charge in [-0.3, -0.25) is 9.79 Å². The molecule has 394 valence electrons. The van der Waals surface area contributed by atoms with Crippen LogP contribution in [0.2, 0.25) is 0 Å². The minimum atomic E-state index is -0.514. The third-order valence-corrected chi connectivity index (χ3v) is 9.33. The first kappa shape index (κ1) is 62.9. The molecular formula is C57H77NO14. The minimum absolute atomic E-state index is 0.193. The lowest BCUT2D eigenvalue weighted by Crippen LogP contribution is -2.08. The molecular weight excluding hydrogens is 923 g/mol. The smallest absolute Gasteiger partial charge is 0.343 e. The van der Waals surface area contributed by atoms with Crippen LogP contribution in [0.1, 0.15) is 107 Å². The minimum Gasteiger partial charge on any atom is -0.502 e. The average Bonchev–Trinajstić information content (AvgIpc) is 3.39. The monoisotopic (exact) mass is 1000 g/mol. The number of carbonyl (C=O) groups excluding carboxylic acids is 4. The number of esters is 4. The number of benzene rings is 3. The second-order valence-electron chi connectivity index (χ2n) is 15.3. The molecule has 0 saturated heterocycles. The van der Waals surface area contributed by atoms with E-state index in [4.69, 9.17) is 47.4 Å². The molecule has 0 radical (unpaired) electrons. The van der Waals surface area contributed by atoms with Crippen LogP contribution in [0.3, 0.4) is 0 Å². The molecule has 0 aliphatic carbocycles. The van der Waals surface area contributed by atoms with E-state index < -0.39 is 17.9 Å². The van der Waals surface area contributed by atoms with Crippen LogP contribution in [-0.2, 0) is 42.8 Å². The SMILES string of the molecule is C/C=C/OCCCCCCOC(C)=O.C=CC(=O)OCCCCCOc1ccc(C=Nc2ccc(OC(=O)c3ccc(OCCCCCOC(=O)C=C)cc3)cc2OC)cc1.C=CCOCCCO/C=C/C. The van der Waals surface area contributed by atoms with Gasteiger partial charge >= 0.3 is 23.9 Å². The van der Waals surface area contributed by atoms with Crippen molar-refractivity contribution in [3.8, 4) is 23.0 Å². The quantitative estimate of drug-likeness (QED) is 0.00787. The molecule has 72 heavy (non-hydrogen) atoms. The Morgan fingerprint density at radius 1 is 0.556 bits per heavy atom. The molecule has 0 spiro atoms. The van der Waals surface area contributed by atoms with Gasteiger partial charge in [0.15, 0.2) is 0 Å². The van der Waals surface area contributed by atoms with Crippen molar-refractivity contribution in [1.29, 1.82) is 0 Å². The van der Waals surface area contributed by atoms with Gasteiger partial charge in [-0.1, -0.05) is 31.4 Å². The maximum absolute atomic E-state index is 12.7. The van der Waals surface area contributed by atoms with Gasteiger partial charge in [0.25, 0.3) is 0 Å². The molecule has 3 rings (SSSR count). The molecule has 15 heteroatoms. The second-order valence-corrected chi connectivity index (χ2v) is 15.3. The van der Waals surface area contributed by atoms with Crippen molar-refractivity contribution < 1.29 is 66.5 Å². The van der Waals surface area contributed by atoms with Crippen LogP contribution in [-0.4, -0.2) is 96.7 Å². The summed E-state index contributed by atoms with van der Waals surface area (Å²) in [5.74, 6) is 0.643. The summed E-state index contributed by atoms with van der Waals surface area (Å²) in [6.45, 7) is 20.8. The highest BCUT2D eigenvalue weighted by Gasteiger charge is 2.12. The van der Waals surface area contributed by atoms with Gasteiger partial charge < -0.3 is 47.4 Å². The van der Waals surface area contributed by atoms with Crippen molar-refractivity contribution in [3.63, 3.8) is 0 Å². The summed E-state index contributed by atoms with van der Waals surface area (Å²) in [6, 6.07) is 19.3. The zero-order valence-corrected chi connectivity index (χ0v) is 42.9. The van der Waals surface area contributed by atoms with Crippen molar-refractivity contribution in [2.24, 2.45) is 4.99 Å². The van der Waals surface area contributed by atoms with Gasteiger partial charge in [0, 0.05) is 37.8 Å². The summed E-state index contributed by atoms with van der Waals surface area (Å²) in [6.07, 6.45) is 23.0. The molecule has 0 amide bonds. The topological polar surface area (TPSA) is 173 Å². The highest BCUT2D eigenvalue weighted by Crippen LogP contribution is 2.32. The van der Waals surface area contributed by atoms with E-state index in [1.807, 2.05) is 50.3 Å². The molecule has 0 unspecified atom stereocenters. The fraction of sp³-hybridized carbons (Fsp3) is 0.421. The Bertz CT molecular complexity index is 2040. The van der Waals surface area contributed by atoms with Crippen LogP contribution in [0.5, 0.6) is 23.0 Å². The molecule has 15 nitrogen and oxygen atoms in total. The number of methoxy groups -OCH3 is 1. The van der Waals surface area contributed by atoms with Gasteiger partial charge in [-0.15, -0.1) is 6.58 Å². The molecule has 3 aromatic carbocycles. The maximum atomic E-state index is 12.7.